The van der Waals surface area contributed by atoms with Crippen LogP contribution < -0.4 is 4.74 Å². The van der Waals surface area contributed by atoms with Crippen molar-refractivity contribution < 1.29 is 4.74 Å². The lowest BCUT2D eigenvalue weighted by atomic mass is 10.1. The average molecular weight is 328 g/mol. The Morgan fingerprint density at radius 3 is 2.16 bits per heavy atom. The minimum absolute atomic E-state index is 0.678. The van der Waals surface area contributed by atoms with E-state index in [0.717, 1.165) is 29.9 Å². The molecule has 1 aromatic carbocycles. The second-order valence-corrected chi connectivity index (χ2v) is 6.85. The Bertz CT molecular complexity index is 380. The number of methoxy groups -OCH3 is 1. The molecular weight excluding hydrogens is 302 g/mol. The van der Waals surface area contributed by atoms with Crippen LogP contribution in [0.2, 0.25) is 0 Å². The van der Waals surface area contributed by atoms with Crippen LogP contribution in [0.1, 0.15) is 33.3 Å². The van der Waals surface area contributed by atoms with Gasteiger partial charge in [0.1, 0.15) is 5.75 Å². The first-order valence-corrected chi connectivity index (χ1v) is 7.76. The highest BCUT2D eigenvalue weighted by Gasteiger charge is 2.13. The maximum absolute atomic E-state index is 5.46. The molecule has 0 saturated carbocycles. The van der Waals surface area contributed by atoms with Gasteiger partial charge in [0.2, 0.25) is 0 Å². The van der Waals surface area contributed by atoms with E-state index in [2.05, 4.69) is 54.6 Å². The topological polar surface area (TPSA) is 12.5 Å². The monoisotopic (exact) mass is 327 g/mol. The van der Waals surface area contributed by atoms with Crippen molar-refractivity contribution in [3.8, 4) is 5.75 Å². The van der Waals surface area contributed by atoms with E-state index in [1.165, 1.54) is 5.56 Å². The summed E-state index contributed by atoms with van der Waals surface area (Å²) in [6.45, 7) is 12.3. The number of nitrogens with zero attached hydrogens (tertiary/aromatic N) is 1. The van der Waals surface area contributed by atoms with E-state index in [0.29, 0.717) is 11.8 Å². The molecule has 0 saturated heterocycles. The SMILES string of the molecule is COc1ccc(Br)cc1CN(CC(C)C)CC(C)C. The molecule has 0 unspecified atom stereocenters. The smallest absolute Gasteiger partial charge is 0.123 e. The molecule has 0 N–H and O–H groups in total. The summed E-state index contributed by atoms with van der Waals surface area (Å²) < 4.78 is 6.57. The van der Waals surface area contributed by atoms with Crippen LogP contribution in [0.4, 0.5) is 0 Å². The van der Waals surface area contributed by atoms with Crippen LogP contribution in [-0.2, 0) is 6.54 Å². The zero-order chi connectivity index (χ0) is 14.4. The zero-order valence-electron chi connectivity index (χ0n) is 12.7. The predicted molar refractivity (Wildman–Crippen MR) is 85.6 cm³/mol. The summed E-state index contributed by atoms with van der Waals surface area (Å²) in [5, 5.41) is 0. The Kier molecular flexibility index (Phi) is 6.87. The van der Waals surface area contributed by atoms with Crippen LogP contribution in [0.5, 0.6) is 5.75 Å². The van der Waals surface area contributed by atoms with Gasteiger partial charge in [0.05, 0.1) is 7.11 Å². The lowest BCUT2D eigenvalue weighted by Crippen LogP contribution is -2.31. The van der Waals surface area contributed by atoms with E-state index in [-0.39, 0.29) is 0 Å². The predicted octanol–water partition coefficient (Wildman–Crippen LogP) is 4.57. The molecule has 0 amide bonds. The maximum Gasteiger partial charge on any atom is 0.123 e. The van der Waals surface area contributed by atoms with Crippen LogP contribution in [0.15, 0.2) is 22.7 Å². The number of hydrogen-bond acceptors (Lipinski definition) is 2. The quantitative estimate of drug-likeness (QED) is 0.727. The number of benzene rings is 1. The summed E-state index contributed by atoms with van der Waals surface area (Å²) in [5.74, 6) is 2.33. The molecule has 3 heteroatoms. The Morgan fingerprint density at radius 2 is 1.68 bits per heavy atom. The molecule has 0 radical (unpaired) electrons. The van der Waals surface area contributed by atoms with Crippen molar-refractivity contribution in [3.05, 3.63) is 28.2 Å². The van der Waals surface area contributed by atoms with Gasteiger partial charge < -0.3 is 4.74 Å². The third-order valence-electron chi connectivity index (χ3n) is 2.88. The van der Waals surface area contributed by atoms with Crippen molar-refractivity contribution in [2.24, 2.45) is 11.8 Å². The minimum Gasteiger partial charge on any atom is -0.496 e. The fraction of sp³-hybridized carbons (Fsp3) is 0.625. The van der Waals surface area contributed by atoms with E-state index in [9.17, 15) is 0 Å². The fourth-order valence-corrected chi connectivity index (χ4v) is 2.76. The van der Waals surface area contributed by atoms with E-state index in [1.54, 1.807) is 7.11 Å². The van der Waals surface area contributed by atoms with Gasteiger partial charge in [-0.05, 0) is 30.0 Å². The zero-order valence-corrected chi connectivity index (χ0v) is 14.3. The molecule has 2 nitrogen and oxygen atoms in total. The van der Waals surface area contributed by atoms with Crippen molar-refractivity contribution in [2.75, 3.05) is 20.2 Å². The van der Waals surface area contributed by atoms with Crippen molar-refractivity contribution in [1.29, 1.82) is 0 Å². The van der Waals surface area contributed by atoms with E-state index in [4.69, 9.17) is 4.74 Å². The minimum atomic E-state index is 0.678. The van der Waals surface area contributed by atoms with Gasteiger partial charge >= 0.3 is 0 Å². The van der Waals surface area contributed by atoms with Crippen molar-refractivity contribution in [2.45, 2.75) is 34.2 Å². The molecule has 0 atom stereocenters. The molecule has 0 heterocycles. The van der Waals surface area contributed by atoms with Crippen LogP contribution in [-0.4, -0.2) is 25.1 Å². The van der Waals surface area contributed by atoms with Gasteiger partial charge in [-0.15, -0.1) is 0 Å². The summed E-state index contributed by atoms with van der Waals surface area (Å²) in [6, 6.07) is 6.21. The van der Waals surface area contributed by atoms with Crippen LogP contribution in [0.25, 0.3) is 0 Å². The summed E-state index contributed by atoms with van der Waals surface area (Å²) >= 11 is 3.54. The highest BCUT2D eigenvalue weighted by Crippen LogP contribution is 2.25. The molecular formula is C16H26BrNO. The largest absolute Gasteiger partial charge is 0.496 e. The first-order valence-electron chi connectivity index (χ1n) is 6.97. The van der Waals surface area contributed by atoms with Crippen molar-refractivity contribution in [1.82, 2.24) is 4.90 Å². The van der Waals surface area contributed by atoms with Gasteiger partial charge in [-0.2, -0.15) is 0 Å². The second-order valence-electron chi connectivity index (χ2n) is 5.94. The molecule has 108 valence electrons. The average Bonchev–Trinajstić information content (AvgIpc) is 2.27. The van der Waals surface area contributed by atoms with E-state index in [1.807, 2.05) is 12.1 Å². The number of rotatable bonds is 7. The van der Waals surface area contributed by atoms with Crippen LogP contribution in [0.3, 0.4) is 0 Å². The molecule has 0 spiro atoms. The summed E-state index contributed by atoms with van der Waals surface area (Å²) in [6.07, 6.45) is 0. The second kappa shape index (κ2) is 7.91. The molecule has 0 fully saturated rings. The van der Waals surface area contributed by atoms with Gasteiger partial charge in [-0.1, -0.05) is 43.6 Å². The number of ether oxygens (including phenoxy) is 1. The van der Waals surface area contributed by atoms with Gasteiger partial charge in [0, 0.05) is 29.7 Å². The van der Waals surface area contributed by atoms with E-state index >= 15 is 0 Å². The third kappa shape index (κ3) is 5.96. The summed E-state index contributed by atoms with van der Waals surface area (Å²) in [4.78, 5) is 2.51. The third-order valence-corrected chi connectivity index (χ3v) is 3.38. The molecule has 1 aromatic rings. The molecule has 0 aliphatic rings. The van der Waals surface area contributed by atoms with Crippen molar-refractivity contribution in [3.63, 3.8) is 0 Å². The Morgan fingerprint density at radius 1 is 1.11 bits per heavy atom. The lowest BCUT2D eigenvalue weighted by Gasteiger charge is -2.27. The summed E-state index contributed by atoms with van der Waals surface area (Å²) in [7, 11) is 1.74. The molecule has 19 heavy (non-hydrogen) atoms. The number of hydrogen-bond donors (Lipinski definition) is 0. The number of halogens is 1. The Hall–Kier alpha value is -0.540. The standard InChI is InChI=1S/C16H26BrNO/c1-12(2)9-18(10-13(3)4)11-14-8-15(17)6-7-16(14)19-5/h6-8,12-13H,9-11H2,1-5H3. The Labute approximate surface area is 126 Å². The van der Waals surface area contributed by atoms with Gasteiger partial charge in [0.25, 0.3) is 0 Å². The highest BCUT2D eigenvalue weighted by molar-refractivity contribution is 9.10. The normalized spacial score (nSPS) is 11.6. The summed E-state index contributed by atoms with van der Waals surface area (Å²) in [5.41, 5.74) is 1.25. The highest BCUT2D eigenvalue weighted by atomic mass is 79.9. The molecule has 0 aliphatic heterocycles. The van der Waals surface area contributed by atoms with Gasteiger partial charge in [0.15, 0.2) is 0 Å². The molecule has 0 aromatic heterocycles. The molecule has 0 bridgehead atoms. The first kappa shape index (κ1) is 16.5. The van der Waals surface area contributed by atoms with Crippen LogP contribution in [0, 0.1) is 11.8 Å². The van der Waals surface area contributed by atoms with Gasteiger partial charge in [-0.25, -0.2) is 0 Å². The molecule has 1 rings (SSSR count). The lowest BCUT2D eigenvalue weighted by molar-refractivity contribution is 0.209. The maximum atomic E-state index is 5.46. The van der Waals surface area contributed by atoms with Gasteiger partial charge in [-0.3, -0.25) is 4.90 Å². The first-order chi connectivity index (χ1) is 8.92. The molecule has 0 aliphatic carbocycles. The van der Waals surface area contributed by atoms with E-state index < -0.39 is 0 Å². The Balaban J connectivity index is 2.85. The fourth-order valence-electron chi connectivity index (χ4n) is 2.35. The van der Waals surface area contributed by atoms with Crippen LogP contribution >= 0.6 is 15.9 Å². The van der Waals surface area contributed by atoms with Crippen molar-refractivity contribution >= 4 is 15.9 Å².